The maximum atomic E-state index is 13.2. The third-order valence-corrected chi connectivity index (χ3v) is 8.81. The average molecular weight is 617 g/mol. The van der Waals surface area contributed by atoms with Gasteiger partial charge in [-0.3, -0.25) is 4.31 Å². The number of ether oxygens (including phenoxy) is 2. The van der Waals surface area contributed by atoms with Crippen molar-refractivity contribution in [2.75, 3.05) is 36.2 Å². The summed E-state index contributed by atoms with van der Waals surface area (Å²) in [5.74, 6) is 0.611. The van der Waals surface area contributed by atoms with E-state index in [0.29, 0.717) is 33.7 Å². The van der Waals surface area contributed by atoms with Crippen LogP contribution in [0.15, 0.2) is 65.1 Å². The molecule has 1 heterocycles. The molecule has 3 aromatic carbocycles. The summed E-state index contributed by atoms with van der Waals surface area (Å²) in [7, 11) is -5.88. The number of carbonyl (C=O) groups is 1. The van der Waals surface area contributed by atoms with Crippen molar-refractivity contribution < 1.29 is 39.9 Å². The van der Waals surface area contributed by atoms with Gasteiger partial charge in [0.1, 0.15) is 32.7 Å². The fourth-order valence-electron chi connectivity index (χ4n) is 4.53. The van der Waals surface area contributed by atoms with Crippen molar-refractivity contribution in [2.24, 2.45) is 0 Å². The minimum absolute atomic E-state index is 0.0565. The van der Waals surface area contributed by atoms with Crippen LogP contribution in [0.25, 0.3) is 22.3 Å². The molecule has 0 bridgehead atoms. The van der Waals surface area contributed by atoms with Crippen molar-refractivity contribution in [1.29, 1.82) is 0 Å². The van der Waals surface area contributed by atoms with Crippen molar-refractivity contribution in [2.45, 2.75) is 18.8 Å². The van der Waals surface area contributed by atoms with Gasteiger partial charge in [0, 0.05) is 31.5 Å². The van der Waals surface area contributed by atoms with Crippen molar-refractivity contribution in [3.05, 3.63) is 72.0 Å². The minimum Gasteiger partial charge on any atom is -0.457 e. The van der Waals surface area contributed by atoms with Gasteiger partial charge in [-0.15, -0.1) is 0 Å². The van der Waals surface area contributed by atoms with Crippen LogP contribution in [0.3, 0.4) is 0 Å². The van der Waals surface area contributed by atoms with Gasteiger partial charge in [-0.1, -0.05) is 0 Å². The van der Waals surface area contributed by atoms with Crippen LogP contribution in [0.1, 0.15) is 24.3 Å². The number of hydrogen-bond acceptors (Lipinski definition) is 8. The van der Waals surface area contributed by atoms with E-state index in [1.165, 1.54) is 31.3 Å². The van der Waals surface area contributed by atoms with Gasteiger partial charge >= 0.3 is 6.09 Å². The summed E-state index contributed by atoms with van der Waals surface area (Å²) in [4.78, 5) is 12.3. The van der Waals surface area contributed by atoms with E-state index in [2.05, 4.69) is 5.32 Å². The first-order valence-electron chi connectivity index (χ1n) is 13.0. The third kappa shape index (κ3) is 6.68. The molecule has 222 valence electrons. The number of carbonyl (C=O) groups excluding carboxylic acids is 1. The second-order valence-corrected chi connectivity index (χ2v) is 14.3. The van der Waals surface area contributed by atoms with Crippen LogP contribution in [-0.4, -0.2) is 54.8 Å². The van der Waals surface area contributed by atoms with Gasteiger partial charge in [-0.05, 0) is 78.9 Å². The van der Waals surface area contributed by atoms with E-state index in [4.69, 9.17) is 13.9 Å². The Labute approximate surface area is 243 Å². The lowest BCUT2D eigenvalue weighted by molar-refractivity contribution is 0.203. The van der Waals surface area contributed by atoms with E-state index in [-0.39, 0.29) is 41.1 Å². The van der Waals surface area contributed by atoms with Gasteiger partial charge < -0.3 is 19.2 Å². The molecule has 0 radical (unpaired) electrons. The van der Waals surface area contributed by atoms with E-state index in [9.17, 15) is 26.0 Å². The molecule has 1 aliphatic rings. The number of amides is 1. The fraction of sp³-hybridized carbons (Fsp3) is 0.276. The Bertz CT molecular complexity index is 1850. The maximum Gasteiger partial charge on any atom is 0.412 e. The monoisotopic (exact) mass is 616 g/mol. The van der Waals surface area contributed by atoms with Gasteiger partial charge in [0.2, 0.25) is 10.0 Å². The number of benzene rings is 3. The standard InChI is InChI=1S/C29H29FN2O8S2/c1-31-29(33)40-28-24-16-23(18-4-5-18)25(32(42(3,36)37)14-15-41(2,34)35)17-26(24)39-27(28)19-6-10-21(11-7-19)38-22-12-8-20(30)9-13-22/h6-13,16-18H,4-5,14-15H2,1-3H3,(H,31,33). The van der Waals surface area contributed by atoms with E-state index in [1.54, 1.807) is 36.4 Å². The first kappa shape index (κ1) is 29.4. The molecule has 5 rings (SSSR count). The molecule has 13 heteroatoms. The molecule has 42 heavy (non-hydrogen) atoms. The van der Waals surface area contributed by atoms with Crippen LogP contribution in [0.5, 0.6) is 17.2 Å². The molecule has 1 saturated carbocycles. The lowest BCUT2D eigenvalue weighted by Gasteiger charge is -2.25. The predicted octanol–water partition coefficient (Wildman–Crippen LogP) is 5.44. The number of fused-ring (bicyclic) bond motifs is 1. The van der Waals surface area contributed by atoms with Crippen LogP contribution in [-0.2, 0) is 19.9 Å². The maximum absolute atomic E-state index is 13.2. The van der Waals surface area contributed by atoms with E-state index in [1.807, 2.05) is 0 Å². The van der Waals surface area contributed by atoms with Crippen LogP contribution < -0.4 is 19.1 Å². The number of furan rings is 1. The largest absolute Gasteiger partial charge is 0.457 e. The lowest BCUT2D eigenvalue weighted by Crippen LogP contribution is -2.34. The van der Waals surface area contributed by atoms with Gasteiger partial charge in [-0.2, -0.15) is 0 Å². The normalized spacial score (nSPS) is 13.6. The van der Waals surface area contributed by atoms with Crippen LogP contribution in [0.2, 0.25) is 0 Å². The van der Waals surface area contributed by atoms with Crippen molar-refractivity contribution in [3.63, 3.8) is 0 Å². The quantitative estimate of drug-likeness (QED) is 0.249. The highest BCUT2D eigenvalue weighted by atomic mass is 32.2. The second kappa shape index (κ2) is 11.3. The van der Waals surface area contributed by atoms with Crippen molar-refractivity contribution in [3.8, 4) is 28.6 Å². The van der Waals surface area contributed by atoms with E-state index in [0.717, 1.165) is 29.7 Å². The first-order chi connectivity index (χ1) is 19.8. The molecule has 1 amide bonds. The molecule has 4 aromatic rings. The molecular formula is C29H29FN2O8S2. The summed E-state index contributed by atoms with van der Waals surface area (Å²) < 4.78 is 81.3. The predicted molar refractivity (Wildman–Crippen MR) is 157 cm³/mol. The smallest absolute Gasteiger partial charge is 0.412 e. The Kier molecular flexibility index (Phi) is 7.90. The first-order valence-corrected chi connectivity index (χ1v) is 16.9. The van der Waals surface area contributed by atoms with Gasteiger partial charge in [0.15, 0.2) is 11.5 Å². The van der Waals surface area contributed by atoms with Crippen molar-refractivity contribution >= 4 is 42.6 Å². The molecule has 10 nitrogen and oxygen atoms in total. The number of sulfonamides is 1. The van der Waals surface area contributed by atoms with Gasteiger partial charge in [0.05, 0.1) is 23.1 Å². The highest BCUT2D eigenvalue weighted by Crippen LogP contribution is 2.49. The third-order valence-electron chi connectivity index (χ3n) is 6.71. The van der Waals surface area contributed by atoms with Crippen molar-refractivity contribution in [1.82, 2.24) is 5.32 Å². The van der Waals surface area contributed by atoms with Crippen LogP contribution >= 0.6 is 0 Å². The molecule has 0 saturated heterocycles. The molecule has 1 N–H and O–H groups in total. The zero-order valence-electron chi connectivity index (χ0n) is 23.1. The number of sulfone groups is 1. The van der Waals surface area contributed by atoms with Crippen LogP contribution in [0.4, 0.5) is 14.9 Å². The molecule has 0 unspecified atom stereocenters. The summed E-state index contributed by atoms with van der Waals surface area (Å²) in [6.45, 7) is -0.256. The Morgan fingerprint density at radius 3 is 2.17 bits per heavy atom. The number of hydrogen-bond donors (Lipinski definition) is 1. The zero-order chi connectivity index (χ0) is 30.2. The topological polar surface area (TPSA) is 132 Å². The van der Waals surface area contributed by atoms with Gasteiger partial charge in [0.25, 0.3) is 0 Å². The number of nitrogens with zero attached hydrogens (tertiary/aromatic N) is 1. The highest BCUT2D eigenvalue weighted by Gasteiger charge is 2.33. The highest BCUT2D eigenvalue weighted by molar-refractivity contribution is 7.92. The van der Waals surface area contributed by atoms with E-state index < -0.39 is 26.0 Å². The summed E-state index contributed by atoms with van der Waals surface area (Å²) >= 11 is 0. The molecule has 0 atom stereocenters. The SMILES string of the molecule is CNC(=O)Oc1c(-c2ccc(Oc3ccc(F)cc3)cc2)oc2cc(N(CCS(C)(=O)=O)S(C)(=O)=O)c(C3CC3)cc12. The number of halogens is 1. The molecular weight excluding hydrogens is 587 g/mol. The summed E-state index contributed by atoms with van der Waals surface area (Å²) in [5, 5.41) is 2.88. The minimum atomic E-state index is -3.85. The van der Waals surface area contributed by atoms with Crippen LogP contribution in [0, 0.1) is 5.82 Å². The Morgan fingerprint density at radius 1 is 1.00 bits per heavy atom. The zero-order valence-corrected chi connectivity index (χ0v) is 24.7. The Morgan fingerprint density at radius 2 is 1.62 bits per heavy atom. The Balaban J connectivity index is 1.60. The summed E-state index contributed by atoms with van der Waals surface area (Å²) in [5.41, 5.74) is 1.82. The summed E-state index contributed by atoms with van der Waals surface area (Å²) in [6, 6.07) is 15.6. The molecule has 0 aliphatic heterocycles. The average Bonchev–Trinajstić information content (AvgIpc) is 3.71. The fourth-order valence-corrected chi connectivity index (χ4v) is 6.09. The molecule has 0 spiro atoms. The van der Waals surface area contributed by atoms with E-state index >= 15 is 0 Å². The summed E-state index contributed by atoms with van der Waals surface area (Å²) in [6.07, 6.45) is 3.01. The number of anilines is 1. The number of nitrogens with one attached hydrogen (secondary N) is 1. The second-order valence-electron chi connectivity index (χ2n) is 10.1. The lowest BCUT2D eigenvalue weighted by atomic mass is 10.0. The molecule has 1 aliphatic carbocycles. The Hall–Kier alpha value is -4.10. The number of rotatable bonds is 10. The molecule has 1 fully saturated rings. The van der Waals surface area contributed by atoms with Gasteiger partial charge in [-0.25, -0.2) is 26.0 Å². The molecule has 1 aromatic heterocycles.